The molecule has 1 amide bonds. The molecular weight excluding hydrogens is 376 g/mol. The Balaban J connectivity index is 1.72. The third-order valence-electron chi connectivity index (χ3n) is 3.63. The van der Waals surface area contributed by atoms with Crippen molar-refractivity contribution in [3.63, 3.8) is 0 Å². The van der Waals surface area contributed by atoms with Crippen LogP contribution in [0.3, 0.4) is 0 Å². The third-order valence-corrected chi connectivity index (χ3v) is 3.86. The summed E-state index contributed by atoms with van der Waals surface area (Å²) in [6.45, 7) is 0. The Morgan fingerprint density at radius 1 is 1.07 bits per heavy atom. The van der Waals surface area contributed by atoms with Gasteiger partial charge in [-0.2, -0.15) is 0 Å². The largest absolute Gasteiger partial charge is 0.495 e. The van der Waals surface area contributed by atoms with E-state index < -0.39 is 17.5 Å². The average molecular weight is 390 g/mol. The molecule has 0 fully saturated rings. The van der Waals surface area contributed by atoms with Crippen LogP contribution < -0.4 is 15.4 Å². The minimum Gasteiger partial charge on any atom is -0.495 e. The van der Waals surface area contributed by atoms with Crippen molar-refractivity contribution in [2.24, 2.45) is 0 Å². The molecule has 0 aliphatic heterocycles. The first-order valence-corrected chi connectivity index (χ1v) is 8.17. The van der Waals surface area contributed by atoms with Gasteiger partial charge in [-0.25, -0.2) is 13.8 Å². The van der Waals surface area contributed by atoms with Crippen LogP contribution in [0.25, 0.3) is 0 Å². The van der Waals surface area contributed by atoms with E-state index in [4.69, 9.17) is 16.3 Å². The molecule has 0 bridgehead atoms. The summed E-state index contributed by atoms with van der Waals surface area (Å²) in [5.41, 5.74) is 1.02. The van der Waals surface area contributed by atoms with Gasteiger partial charge in [-0.3, -0.25) is 4.79 Å². The number of pyridine rings is 1. The van der Waals surface area contributed by atoms with Crippen LogP contribution >= 0.6 is 11.6 Å². The highest BCUT2D eigenvalue weighted by molar-refractivity contribution is 6.31. The molecule has 3 aromatic rings. The fourth-order valence-electron chi connectivity index (χ4n) is 2.30. The van der Waals surface area contributed by atoms with Gasteiger partial charge in [-0.05, 0) is 42.5 Å². The fourth-order valence-corrected chi connectivity index (χ4v) is 2.47. The maximum atomic E-state index is 13.2. The maximum absolute atomic E-state index is 13.2. The standard InChI is InChI=1S/C19H14ClF2N3O2/c1-27-17-6-3-12(20)8-16(17)25-18-7-2-11(10-23-18)19(26)24-13-4-5-14(21)15(22)9-13/h2-10H,1H3,(H,23,25)(H,24,26). The molecule has 2 N–H and O–H groups in total. The lowest BCUT2D eigenvalue weighted by molar-refractivity contribution is 0.102. The highest BCUT2D eigenvalue weighted by atomic mass is 35.5. The minimum atomic E-state index is -1.04. The number of aromatic nitrogens is 1. The molecule has 0 radical (unpaired) electrons. The number of nitrogens with zero attached hydrogens (tertiary/aromatic N) is 1. The van der Waals surface area contributed by atoms with Crippen molar-refractivity contribution < 1.29 is 18.3 Å². The number of hydrogen-bond acceptors (Lipinski definition) is 4. The van der Waals surface area contributed by atoms with Gasteiger partial charge in [0.15, 0.2) is 11.6 Å². The molecule has 0 saturated heterocycles. The number of benzene rings is 2. The van der Waals surface area contributed by atoms with Crippen molar-refractivity contribution in [2.75, 3.05) is 17.7 Å². The average Bonchev–Trinajstić information content (AvgIpc) is 2.65. The minimum absolute atomic E-state index is 0.143. The summed E-state index contributed by atoms with van der Waals surface area (Å²) in [4.78, 5) is 16.4. The number of carbonyl (C=O) groups is 1. The summed E-state index contributed by atoms with van der Waals surface area (Å²) in [5, 5.41) is 6.06. The van der Waals surface area contributed by atoms with Crippen molar-refractivity contribution in [3.8, 4) is 5.75 Å². The zero-order chi connectivity index (χ0) is 19.4. The molecule has 138 valence electrons. The number of carbonyl (C=O) groups excluding carboxylic acids is 1. The summed E-state index contributed by atoms with van der Waals surface area (Å²) < 4.78 is 31.4. The lowest BCUT2D eigenvalue weighted by Crippen LogP contribution is -2.12. The topological polar surface area (TPSA) is 63.2 Å². The van der Waals surface area contributed by atoms with Crippen molar-refractivity contribution in [3.05, 3.63) is 76.9 Å². The van der Waals surface area contributed by atoms with Crippen molar-refractivity contribution in [1.29, 1.82) is 0 Å². The third kappa shape index (κ3) is 4.51. The lowest BCUT2D eigenvalue weighted by atomic mass is 10.2. The molecule has 27 heavy (non-hydrogen) atoms. The molecule has 0 atom stereocenters. The van der Waals surface area contributed by atoms with Crippen molar-refractivity contribution >= 4 is 34.7 Å². The zero-order valence-corrected chi connectivity index (χ0v) is 14.8. The van der Waals surface area contributed by atoms with Crippen LogP contribution in [0.2, 0.25) is 5.02 Å². The van der Waals surface area contributed by atoms with E-state index in [9.17, 15) is 13.6 Å². The summed E-state index contributed by atoms with van der Waals surface area (Å²) >= 11 is 5.99. The van der Waals surface area contributed by atoms with Gasteiger partial charge < -0.3 is 15.4 Å². The first-order valence-electron chi connectivity index (χ1n) is 7.79. The van der Waals surface area contributed by atoms with Gasteiger partial charge in [0.25, 0.3) is 5.91 Å². The summed E-state index contributed by atoms with van der Waals surface area (Å²) in [6, 6.07) is 11.4. The van der Waals surface area contributed by atoms with E-state index >= 15 is 0 Å². The normalized spacial score (nSPS) is 10.4. The van der Waals surface area contributed by atoms with E-state index in [0.717, 1.165) is 12.1 Å². The van der Waals surface area contributed by atoms with E-state index in [1.54, 1.807) is 30.3 Å². The van der Waals surface area contributed by atoms with Crippen LogP contribution in [0.4, 0.5) is 26.0 Å². The highest BCUT2D eigenvalue weighted by Crippen LogP contribution is 2.29. The molecule has 1 aromatic heterocycles. The molecule has 2 aromatic carbocycles. The molecule has 8 heteroatoms. The van der Waals surface area contributed by atoms with Crippen LogP contribution in [0.1, 0.15) is 10.4 Å². The number of amides is 1. The van der Waals surface area contributed by atoms with E-state index in [-0.39, 0.29) is 11.3 Å². The molecule has 5 nitrogen and oxygen atoms in total. The Kier molecular flexibility index (Phi) is 5.52. The number of hydrogen-bond donors (Lipinski definition) is 2. The zero-order valence-electron chi connectivity index (χ0n) is 14.1. The van der Waals surface area contributed by atoms with Gasteiger partial charge in [0, 0.05) is 23.0 Å². The molecule has 0 unspecified atom stereocenters. The first-order chi connectivity index (χ1) is 13.0. The number of methoxy groups -OCH3 is 1. The molecule has 3 rings (SSSR count). The van der Waals surface area contributed by atoms with Gasteiger partial charge in [0.2, 0.25) is 0 Å². The number of halogens is 3. The monoisotopic (exact) mass is 389 g/mol. The lowest BCUT2D eigenvalue weighted by Gasteiger charge is -2.11. The van der Waals surface area contributed by atoms with Gasteiger partial charge in [0.1, 0.15) is 11.6 Å². The Labute approximate surface area is 159 Å². The molecular formula is C19H14ClF2N3O2. The summed E-state index contributed by atoms with van der Waals surface area (Å²) in [7, 11) is 1.54. The maximum Gasteiger partial charge on any atom is 0.257 e. The predicted molar refractivity (Wildman–Crippen MR) is 99.8 cm³/mol. The van der Waals surface area contributed by atoms with Gasteiger partial charge in [-0.1, -0.05) is 11.6 Å². The Bertz CT molecular complexity index is 981. The molecule has 0 aliphatic carbocycles. The van der Waals surface area contributed by atoms with Crippen molar-refractivity contribution in [2.45, 2.75) is 0 Å². The summed E-state index contributed by atoms with van der Waals surface area (Å²) in [6.07, 6.45) is 1.36. The molecule has 0 aliphatic rings. The molecule has 0 spiro atoms. The number of rotatable bonds is 5. The van der Waals surface area contributed by atoms with E-state index in [1.807, 2.05) is 0 Å². The van der Waals surface area contributed by atoms with Crippen LogP contribution in [0.15, 0.2) is 54.7 Å². The Hall–Kier alpha value is -3.19. The van der Waals surface area contributed by atoms with Crippen LogP contribution in [-0.2, 0) is 0 Å². The number of nitrogens with one attached hydrogen (secondary N) is 2. The predicted octanol–water partition coefficient (Wildman–Crippen LogP) is 5.02. The smallest absolute Gasteiger partial charge is 0.257 e. The molecule has 1 heterocycles. The SMILES string of the molecule is COc1ccc(Cl)cc1Nc1ccc(C(=O)Nc2ccc(F)c(F)c2)cn1. The van der Waals surface area contributed by atoms with Crippen molar-refractivity contribution in [1.82, 2.24) is 4.98 Å². The van der Waals surface area contributed by atoms with E-state index in [2.05, 4.69) is 15.6 Å². The van der Waals surface area contributed by atoms with Crippen LogP contribution in [-0.4, -0.2) is 18.0 Å². The van der Waals surface area contributed by atoms with Crippen LogP contribution in [0.5, 0.6) is 5.75 Å². The second kappa shape index (κ2) is 8.01. The number of anilines is 3. The van der Waals surface area contributed by atoms with Gasteiger partial charge in [0.05, 0.1) is 18.4 Å². The number of ether oxygens (including phenoxy) is 1. The van der Waals surface area contributed by atoms with Gasteiger partial charge in [-0.15, -0.1) is 0 Å². The van der Waals surface area contributed by atoms with Crippen LogP contribution in [0, 0.1) is 11.6 Å². The molecule has 0 saturated carbocycles. The van der Waals surface area contributed by atoms with E-state index in [0.29, 0.717) is 22.3 Å². The Morgan fingerprint density at radius 2 is 1.89 bits per heavy atom. The summed E-state index contributed by atoms with van der Waals surface area (Å²) in [5.74, 6) is -1.47. The Morgan fingerprint density at radius 3 is 2.56 bits per heavy atom. The van der Waals surface area contributed by atoms with E-state index in [1.165, 1.54) is 19.4 Å². The second-order valence-electron chi connectivity index (χ2n) is 5.48. The fraction of sp³-hybridized carbons (Fsp3) is 0.0526. The quantitative estimate of drug-likeness (QED) is 0.643. The van der Waals surface area contributed by atoms with Gasteiger partial charge >= 0.3 is 0 Å². The second-order valence-corrected chi connectivity index (χ2v) is 5.92. The highest BCUT2D eigenvalue weighted by Gasteiger charge is 2.10. The first kappa shape index (κ1) is 18.6.